The first-order valence-electron chi connectivity index (χ1n) is 4.79. The standard InChI is InChI=1S/C11H17NO3/c1-4-5-8(2)6-10(7-11(14)15)12-9(3)13/h4-5,7-8H,6H2,1-3H3,(H,12,13)(H,14,15)/b5-4+,10-7-/t8-/m0/s1. The maximum Gasteiger partial charge on any atom is 0.330 e. The first-order chi connectivity index (χ1) is 6.95. The number of nitrogens with one attached hydrogen (secondary N) is 1. The van der Waals surface area contributed by atoms with Gasteiger partial charge in [-0.1, -0.05) is 19.1 Å². The highest BCUT2D eigenvalue weighted by Gasteiger charge is 2.06. The van der Waals surface area contributed by atoms with Crippen molar-refractivity contribution in [1.29, 1.82) is 0 Å². The monoisotopic (exact) mass is 211 g/mol. The Morgan fingerprint density at radius 2 is 2.07 bits per heavy atom. The topological polar surface area (TPSA) is 66.4 Å². The first kappa shape index (κ1) is 13.4. The zero-order chi connectivity index (χ0) is 11.8. The molecule has 1 atom stereocenters. The SMILES string of the molecule is C/C=C/[C@H](C)C/C(=C/C(=O)O)NC(C)=O. The van der Waals surface area contributed by atoms with Gasteiger partial charge < -0.3 is 10.4 Å². The van der Waals surface area contributed by atoms with Crippen LogP contribution in [0.4, 0.5) is 0 Å². The molecule has 0 unspecified atom stereocenters. The van der Waals surface area contributed by atoms with Gasteiger partial charge in [0.1, 0.15) is 0 Å². The van der Waals surface area contributed by atoms with Crippen LogP contribution >= 0.6 is 0 Å². The van der Waals surface area contributed by atoms with Crippen molar-refractivity contribution in [1.82, 2.24) is 5.32 Å². The maximum atomic E-state index is 10.8. The second-order valence-electron chi connectivity index (χ2n) is 3.40. The molecule has 15 heavy (non-hydrogen) atoms. The summed E-state index contributed by atoms with van der Waals surface area (Å²) in [6.07, 6.45) is 5.39. The van der Waals surface area contributed by atoms with Gasteiger partial charge in [0.25, 0.3) is 0 Å². The minimum absolute atomic E-state index is 0.201. The van der Waals surface area contributed by atoms with Gasteiger partial charge in [-0.3, -0.25) is 4.79 Å². The third kappa shape index (κ3) is 7.49. The van der Waals surface area contributed by atoms with Gasteiger partial charge in [-0.05, 0) is 19.3 Å². The summed E-state index contributed by atoms with van der Waals surface area (Å²) in [6.45, 7) is 5.21. The smallest absolute Gasteiger partial charge is 0.330 e. The Kier molecular flexibility index (Phi) is 6.09. The molecule has 4 nitrogen and oxygen atoms in total. The van der Waals surface area contributed by atoms with E-state index >= 15 is 0 Å². The lowest BCUT2D eigenvalue weighted by Crippen LogP contribution is -2.21. The largest absolute Gasteiger partial charge is 0.478 e. The third-order valence-corrected chi connectivity index (χ3v) is 1.70. The summed E-state index contributed by atoms with van der Waals surface area (Å²) in [5.41, 5.74) is 0.431. The van der Waals surface area contributed by atoms with Crippen LogP contribution in [-0.2, 0) is 9.59 Å². The molecule has 0 bridgehead atoms. The molecule has 0 aliphatic rings. The van der Waals surface area contributed by atoms with Gasteiger partial charge in [0, 0.05) is 18.7 Å². The molecule has 0 aromatic heterocycles. The van der Waals surface area contributed by atoms with Gasteiger partial charge in [-0.15, -0.1) is 0 Å². The summed E-state index contributed by atoms with van der Waals surface area (Å²) in [5.74, 6) is -1.10. The average Bonchev–Trinajstić information content (AvgIpc) is 2.00. The molecule has 0 aromatic carbocycles. The van der Waals surface area contributed by atoms with Crippen molar-refractivity contribution in [3.8, 4) is 0 Å². The molecule has 0 aliphatic heterocycles. The second kappa shape index (κ2) is 6.81. The Hall–Kier alpha value is -1.58. The van der Waals surface area contributed by atoms with Gasteiger partial charge in [-0.25, -0.2) is 4.79 Å². The van der Waals surface area contributed by atoms with Gasteiger partial charge in [-0.2, -0.15) is 0 Å². The summed E-state index contributed by atoms with van der Waals surface area (Å²) in [6, 6.07) is 0. The van der Waals surface area contributed by atoms with E-state index in [1.54, 1.807) is 0 Å². The van der Waals surface area contributed by atoms with Crippen LogP contribution in [0, 0.1) is 5.92 Å². The van der Waals surface area contributed by atoms with Crippen molar-refractivity contribution in [2.75, 3.05) is 0 Å². The Labute approximate surface area is 89.7 Å². The van der Waals surface area contributed by atoms with Crippen molar-refractivity contribution >= 4 is 11.9 Å². The van der Waals surface area contributed by atoms with Crippen LogP contribution in [0.5, 0.6) is 0 Å². The molecule has 0 aliphatic carbocycles. The zero-order valence-corrected chi connectivity index (χ0v) is 9.28. The zero-order valence-electron chi connectivity index (χ0n) is 9.28. The molecule has 2 N–H and O–H groups in total. The highest BCUT2D eigenvalue weighted by Crippen LogP contribution is 2.10. The fraction of sp³-hybridized carbons (Fsp3) is 0.455. The number of aliphatic carboxylic acids is 1. The number of hydrogen-bond donors (Lipinski definition) is 2. The third-order valence-electron chi connectivity index (χ3n) is 1.70. The summed E-state index contributed by atoms with van der Waals surface area (Å²) >= 11 is 0. The van der Waals surface area contributed by atoms with Gasteiger partial charge in [0.15, 0.2) is 0 Å². The Bertz CT molecular complexity index is 292. The average molecular weight is 211 g/mol. The minimum atomic E-state index is -1.05. The summed E-state index contributed by atoms with van der Waals surface area (Å²) < 4.78 is 0. The van der Waals surface area contributed by atoms with Crippen LogP contribution in [0.3, 0.4) is 0 Å². The van der Waals surface area contributed by atoms with Crippen molar-refractivity contribution in [2.45, 2.75) is 27.2 Å². The van der Waals surface area contributed by atoms with Crippen molar-refractivity contribution in [3.05, 3.63) is 23.9 Å². The molecular formula is C11H17NO3. The molecule has 84 valence electrons. The molecule has 0 aromatic rings. The Morgan fingerprint density at radius 1 is 1.47 bits per heavy atom. The second-order valence-corrected chi connectivity index (χ2v) is 3.40. The van der Waals surface area contributed by atoms with Crippen LogP contribution in [-0.4, -0.2) is 17.0 Å². The number of allylic oxidation sites excluding steroid dienone is 3. The summed E-state index contributed by atoms with van der Waals surface area (Å²) in [5, 5.41) is 11.1. The van der Waals surface area contributed by atoms with Crippen LogP contribution in [0.2, 0.25) is 0 Å². The number of carboxylic acid groups (broad SMARTS) is 1. The predicted octanol–water partition coefficient (Wildman–Crippen LogP) is 1.69. The molecule has 0 radical (unpaired) electrons. The van der Waals surface area contributed by atoms with E-state index in [1.807, 2.05) is 26.0 Å². The minimum Gasteiger partial charge on any atom is -0.478 e. The van der Waals surface area contributed by atoms with E-state index in [2.05, 4.69) is 5.32 Å². The number of rotatable bonds is 5. The normalized spacial score (nSPS) is 13.9. The Morgan fingerprint density at radius 3 is 2.47 bits per heavy atom. The van der Waals surface area contributed by atoms with Crippen LogP contribution in [0.25, 0.3) is 0 Å². The Balaban J connectivity index is 4.51. The number of carbonyl (C=O) groups excluding carboxylic acids is 1. The number of carbonyl (C=O) groups is 2. The number of carboxylic acids is 1. The lowest BCUT2D eigenvalue weighted by Gasteiger charge is -2.10. The van der Waals surface area contributed by atoms with Crippen LogP contribution < -0.4 is 5.32 Å². The van der Waals surface area contributed by atoms with Crippen LogP contribution in [0.1, 0.15) is 27.2 Å². The molecule has 0 spiro atoms. The highest BCUT2D eigenvalue weighted by molar-refractivity contribution is 5.83. The lowest BCUT2D eigenvalue weighted by atomic mass is 10.0. The van der Waals surface area contributed by atoms with E-state index in [0.29, 0.717) is 12.1 Å². The van der Waals surface area contributed by atoms with Crippen LogP contribution in [0.15, 0.2) is 23.9 Å². The fourth-order valence-corrected chi connectivity index (χ4v) is 1.26. The van der Waals surface area contributed by atoms with E-state index in [0.717, 1.165) is 6.08 Å². The molecule has 0 rings (SSSR count). The number of hydrogen-bond acceptors (Lipinski definition) is 2. The van der Waals surface area contributed by atoms with Gasteiger partial charge in [0.2, 0.25) is 5.91 Å². The van der Waals surface area contributed by atoms with E-state index in [4.69, 9.17) is 5.11 Å². The van der Waals surface area contributed by atoms with Crippen molar-refractivity contribution in [2.24, 2.45) is 5.92 Å². The fourth-order valence-electron chi connectivity index (χ4n) is 1.26. The lowest BCUT2D eigenvalue weighted by molar-refractivity contribution is -0.131. The molecular weight excluding hydrogens is 194 g/mol. The van der Waals surface area contributed by atoms with E-state index in [-0.39, 0.29) is 11.8 Å². The predicted molar refractivity (Wildman–Crippen MR) is 58.1 cm³/mol. The van der Waals surface area contributed by atoms with Gasteiger partial charge in [0.05, 0.1) is 0 Å². The molecule has 0 saturated carbocycles. The highest BCUT2D eigenvalue weighted by atomic mass is 16.4. The van der Waals surface area contributed by atoms with Crippen molar-refractivity contribution in [3.63, 3.8) is 0 Å². The van der Waals surface area contributed by atoms with Gasteiger partial charge >= 0.3 is 5.97 Å². The summed E-state index contributed by atoms with van der Waals surface area (Å²) in [4.78, 5) is 21.3. The quantitative estimate of drug-likeness (QED) is 0.537. The van der Waals surface area contributed by atoms with E-state index < -0.39 is 5.97 Å². The first-order valence-corrected chi connectivity index (χ1v) is 4.79. The van der Waals surface area contributed by atoms with E-state index in [1.165, 1.54) is 6.92 Å². The molecule has 0 heterocycles. The maximum absolute atomic E-state index is 10.8. The number of amides is 1. The molecule has 4 heteroatoms. The van der Waals surface area contributed by atoms with Crippen molar-refractivity contribution < 1.29 is 14.7 Å². The molecule has 1 amide bonds. The molecule has 0 fully saturated rings. The van der Waals surface area contributed by atoms with E-state index in [9.17, 15) is 9.59 Å². The molecule has 0 saturated heterocycles. The summed E-state index contributed by atoms with van der Waals surface area (Å²) in [7, 11) is 0.